The standard InChI is InChI=1S/C63H87NO6/c1-44(2)26-20-27-46(5)28-21-29-47(6)30-22-31-48(7)32-23-33-49(8)34-24-35-50(9)36-25-37-51(10)42-43-54-52(11)58(68-61(66)57(45(3)4)64-62(67)70-63(12,13)14)55-40-18-19-41-56(55)59(54)69-60(65)53-38-16-15-17-39-53/h15-19,26,28,30,32,34,36,38-42,45,57H,20-25,27,29,31,33,35,37,43H2,1-14H3,(H,64,67)/t57-/m0/s1. The van der Waals surface area contributed by atoms with Gasteiger partial charge in [0.15, 0.2) is 0 Å². The highest BCUT2D eigenvalue weighted by Gasteiger charge is 2.31. The number of carbonyl (C=O) groups excluding carboxylic acids is 3. The van der Waals surface area contributed by atoms with Crippen molar-refractivity contribution >= 4 is 28.8 Å². The summed E-state index contributed by atoms with van der Waals surface area (Å²) in [7, 11) is 0. The Morgan fingerprint density at radius 1 is 0.543 bits per heavy atom. The average Bonchev–Trinajstić information content (AvgIpc) is 3.28. The molecule has 0 aromatic heterocycles. The monoisotopic (exact) mass is 954 g/mol. The van der Waals surface area contributed by atoms with Crippen molar-refractivity contribution in [2.75, 3.05) is 0 Å². The lowest BCUT2D eigenvalue weighted by molar-refractivity contribution is -0.137. The van der Waals surface area contributed by atoms with E-state index in [-0.39, 0.29) is 5.92 Å². The van der Waals surface area contributed by atoms with E-state index >= 15 is 0 Å². The fourth-order valence-electron chi connectivity index (χ4n) is 8.08. The van der Waals surface area contributed by atoms with Crippen LogP contribution in [-0.2, 0) is 16.0 Å². The molecule has 1 amide bonds. The summed E-state index contributed by atoms with van der Waals surface area (Å²) < 4.78 is 17.9. The lowest BCUT2D eigenvalue weighted by Gasteiger charge is -2.25. The van der Waals surface area contributed by atoms with Crippen molar-refractivity contribution in [3.63, 3.8) is 0 Å². The number of hydrogen-bond donors (Lipinski definition) is 1. The van der Waals surface area contributed by atoms with Crippen molar-refractivity contribution in [2.45, 2.75) is 192 Å². The number of carbonyl (C=O) groups is 3. The quantitative estimate of drug-likeness (QED) is 0.0490. The largest absolute Gasteiger partial charge is 0.444 e. The van der Waals surface area contributed by atoms with E-state index in [9.17, 15) is 14.4 Å². The van der Waals surface area contributed by atoms with Crippen molar-refractivity contribution in [3.05, 3.63) is 153 Å². The van der Waals surface area contributed by atoms with Gasteiger partial charge in [-0.05, 0) is 190 Å². The Bertz CT molecular complexity index is 2410. The molecule has 1 atom stereocenters. The normalized spacial score (nSPS) is 13.6. The second-order valence-corrected chi connectivity index (χ2v) is 20.9. The van der Waals surface area contributed by atoms with Crippen molar-refractivity contribution < 1.29 is 28.6 Å². The summed E-state index contributed by atoms with van der Waals surface area (Å²) in [5, 5.41) is 3.97. The van der Waals surface area contributed by atoms with Gasteiger partial charge < -0.3 is 19.5 Å². The summed E-state index contributed by atoms with van der Waals surface area (Å²) in [5.74, 6) is -0.589. The molecule has 0 fully saturated rings. The summed E-state index contributed by atoms with van der Waals surface area (Å²) in [5.41, 5.74) is 11.0. The van der Waals surface area contributed by atoms with Gasteiger partial charge in [-0.25, -0.2) is 14.4 Å². The number of rotatable bonds is 26. The third-order valence-electron chi connectivity index (χ3n) is 12.4. The van der Waals surface area contributed by atoms with Crippen LogP contribution in [0.25, 0.3) is 10.8 Å². The van der Waals surface area contributed by atoms with E-state index in [0.717, 1.165) is 82.6 Å². The van der Waals surface area contributed by atoms with Gasteiger partial charge in [0.2, 0.25) is 0 Å². The van der Waals surface area contributed by atoms with Gasteiger partial charge in [-0.15, -0.1) is 0 Å². The molecule has 7 heteroatoms. The van der Waals surface area contributed by atoms with Crippen LogP contribution in [0.1, 0.15) is 189 Å². The molecule has 0 unspecified atom stereocenters. The van der Waals surface area contributed by atoms with Gasteiger partial charge in [-0.1, -0.05) is 138 Å². The number of allylic oxidation sites excluding steroid dienone is 14. The molecule has 0 saturated carbocycles. The van der Waals surface area contributed by atoms with Crippen LogP contribution >= 0.6 is 0 Å². The zero-order valence-corrected chi connectivity index (χ0v) is 45.5. The third-order valence-corrected chi connectivity index (χ3v) is 12.4. The third kappa shape index (κ3) is 21.9. The molecule has 0 radical (unpaired) electrons. The Labute approximate surface area is 423 Å². The van der Waals surface area contributed by atoms with Gasteiger partial charge in [0.05, 0.1) is 5.56 Å². The van der Waals surface area contributed by atoms with Crippen LogP contribution < -0.4 is 14.8 Å². The zero-order valence-electron chi connectivity index (χ0n) is 45.5. The summed E-state index contributed by atoms with van der Waals surface area (Å²) in [4.78, 5) is 40.3. The minimum atomic E-state index is -0.967. The number of amides is 1. The molecule has 0 saturated heterocycles. The summed E-state index contributed by atoms with van der Waals surface area (Å²) in [6, 6.07) is 15.4. The molecule has 0 aliphatic carbocycles. The van der Waals surface area contributed by atoms with Crippen LogP contribution in [0.15, 0.2) is 136 Å². The molecule has 7 nitrogen and oxygen atoms in total. The smallest absolute Gasteiger partial charge is 0.408 e. The lowest BCUT2D eigenvalue weighted by atomic mass is 9.95. The van der Waals surface area contributed by atoms with Crippen molar-refractivity contribution in [3.8, 4) is 11.5 Å². The lowest BCUT2D eigenvalue weighted by Crippen LogP contribution is -2.48. The van der Waals surface area contributed by atoms with Crippen LogP contribution in [0.4, 0.5) is 4.79 Å². The molecule has 1 N–H and O–H groups in total. The van der Waals surface area contributed by atoms with Crippen LogP contribution in [0.2, 0.25) is 0 Å². The first-order valence-electron chi connectivity index (χ1n) is 25.7. The van der Waals surface area contributed by atoms with E-state index in [0.29, 0.717) is 39.8 Å². The highest BCUT2D eigenvalue weighted by Crippen LogP contribution is 2.42. The first-order chi connectivity index (χ1) is 33.1. The second kappa shape index (κ2) is 30.1. The number of fused-ring (bicyclic) bond motifs is 1. The minimum Gasteiger partial charge on any atom is -0.444 e. The van der Waals surface area contributed by atoms with Gasteiger partial charge in [-0.3, -0.25) is 0 Å². The predicted molar refractivity (Wildman–Crippen MR) is 295 cm³/mol. The minimum absolute atomic E-state index is 0.286. The topological polar surface area (TPSA) is 90.9 Å². The maximum Gasteiger partial charge on any atom is 0.408 e. The van der Waals surface area contributed by atoms with Crippen LogP contribution in [0.5, 0.6) is 11.5 Å². The van der Waals surface area contributed by atoms with Gasteiger partial charge >= 0.3 is 18.0 Å². The molecule has 70 heavy (non-hydrogen) atoms. The average molecular weight is 954 g/mol. The molecule has 0 aliphatic rings. The van der Waals surface area contributed by atoms with Crippen LogP contribution in [0, 0.1) is 12.8 Å². The number of hydrogen-bond acceptors (Lipinski definition) is 6. The Hall–Kier alpha value is -5.69. The summed E-state index contributed by atoms with van der Waals surface area (Å²) in [6.45, 7) is 28.6. The van der Waals surface area contributed by atoms with Gasteiger partial charge in [0, 0.05) is 16.3 Å². The Morgan fingerprint density at radius 2 is 0.943 bits per heavy atom. The van der Waals surface area contributed by atoms with Crippen molar-refractivity contribution in [2.24, 2.45) is 5.92 Å². The number of benzene rings is 3. The van der Waals surface area contributed by atoms with Gasteiger partial charge in [0.1, 0.15) is 23.1 Å². The summed E-state index contributed by atoms with van der Waals surface area (Å²) >= 11 is 0. The van der Waals surface area contributed by atoms with Gasteiger partial charge in [0.25, 0.3) is 0 Å². The molecule has 380 valence electrons. The SMILES string of the molecule is CC(C)=CCCC(C)=CCCC(C)=CCCC(C)=CCCC(C)=CCCC(C)=CCCC(C)=CCc1c(C)c(OC(=O)[C@@H](NC(=O)OC(C)(C)C)C(C)C)c2ccccc2c1OC(=O)c1ccccc1. The van der Waals surface area contributed by atoms with E-state index in [1.165, 1.54) is 39.0 Å². The molecule has 0 spiro atoms. The second-order valence-electron chi connectivity index (χ2n) is 20.9. The number of nitrogens with one attached hydrogen (secondary N) is 1. The Morgan fingerprint density at radius 3 is 1.36 bits per heavy atom. The maximum atomic E-state index is 13.9. The fraction of sp³-hybridized carbons (Fsp3) is 0.476. The molecule has 3 aromatic rings. The van der Waals surface area contributed by atoms with Crippen LogP contribution in [0.3, 0.4) is 0 Å². The van der Waals surface area contributed by atoms with Crippen molar-refractivity contribution in [1.82, 2.24) is 5.32 Å². The number of alkyl carbamates (subject to hydrolysis) is 1. The molecular weight excluding hydrogens is 867 g/mol. The predicted octanol–water partition coefficient (Wildman–Crippen LogP) is 17.7. The first-order valence-corrected chi connectivity index (χ1v) is 25.7. The molecule has 3 rings (SSSR count). The highest BCUT2D eigenvalue weighted by atomic mass is 16.6. The molecule has 3 aromatic carbocycles. The molecule has 0 aliphatic heterocycles. The van der Waals surface area contributed by atoms with Gasteiger partial charge in [-0.2, -0.15) is 0 Å². The molecular formula is C63H87NO6. The number of esters is 2. The fourth-order valence-corrected chi connectivity index (χ4v) is 8.08. The van der Waals surface area contributed by atoms with E-state index in [1.54, 1.807) is 45.0 Å². The van der Waals surface area contributed by atoms with Crippen LogP contribution in [-0.4, -0.2) is 29.7 Å². The van der Waals surface area contributed by atoms with E-state index in [2.05, 4.69) is 103 Å². The van der Waals surface area contributed by atoms with E-state index in [1.807, 2.05) is 51.1 Å². The van der Waals surface area contributed by atoms with E-state index < -0.39 is 29.7 Å². The summed E-state index contributed by atoms with van der Waals surface area (Å²) in [6.07, 6.45) is 29.1. The Kier molecular flexibility index (Phi) is 25.2. The molecule has 0 bridgehead atoms. The highest BCUT2D eigenvalue weighted by molar-refractivity contribution is 6.01. The first kappa shape index (κ1) is 58.6. The Balaban J connectivity index is 1.64. The maximum absolute atomic E-state index is 13.9. The van der Waals surface area contributed by atoms with Crippen molar-refractivity contribution in [1.29, 1.82) is 0 Å². The zero-order chi connectivity index (χ0) is 51.8. The van der Waals surface area contributed by atoms with E-state index in [4.69, 9.17) is 14.2 Å². The number of ether oxygens (including phenoxy) is 3. The molecule has 0 heterocycles.